The first-order chi connectivity index (χ1) is 13.2. The number of fused-ring (bicyclic) bond motifs is 1. The van der Waals surface area contributed by atoms with E-state index in [0.29, 0.717) is 10.0 Å². The minimum atomic E-state index is 0.656. The zero-order valence-corrected chi connectivity index (χ0v) is 16.9. The van der Waals surface area contributed by atoms with Crippen molar-refractivity contribution in [1.29, 1.82) is 0 Å². The van der Waals surface area contributed by atoms with E-state index in [-0.39, 0.29) is 0 Å². The Kier molecular flexibility index (Phi) is 5.85. The summed E-state index contributed by atoms with van der Waals surface area (Å²) in [5.74, 6) is 1.80. The number of hydrogen-bond acceptors (Lipinski definition) is 1. The van der Waals surface area contributed by atoms with Crippen LogP contribution in [0.25, 0.3) is 23.2 Å². The van der Waals surface area contributed by atoms with Crippen molar-refractivity contribution in [3.8, 4) is 0 Å². The zero-order valence-electron chi connectivity index (χ0n) is 15.4. The quantitative estimate of drug-likeness (QED) is 0.435. The third-order valence-corrected chi connectivity index (χ3v) is 6.23. The first-order valence-electron chi connectivity index (χ1n) is 9.80. The summed E-state index contributed by atoms with van der Waals surface area (Å²) < 4.78 is 2.34. The van der Waals surface area contributed by atoms with Gasteiger partial charge in [0.1, 0.15) is 5.82 Å². The molecule has 2 nitrogen and oxygen atoms in total. The molecule has 0 atom stereocenters. The Balaban J connectivity index is 1.64. The number of aromatic nitrogens is 2. The van der Waals surface area contributed by atoms with Crippen molar-refractivity contribution in [1.82, 2.24) is 9.55 Å². The van der Waals surface area contributed by atoms with Gasteiger partial charge in [-0.15, -0.1) is 0 Å². The SMILES string of the molecule is Clc1cccc(Cl)c1/C=C/c1nc2ccccc2n1CCC1CCCCC1. The average Bonchev–Trinajstić information content (AvgIpc) is 3.04. The van der Waals surface area contributed by atoms with Crippen molar-refractivity contribution in [2.24, 2.45) is 5.92 Å². The average molecular weight is 399 g/mol. The minimum Gasteiger partial charge on any atom is -0.324 e. The van der Waals surface area contributed by atoms with Gasteiger partial charge < -0.3 is 4.57 Å². The van der Waals surface area contributed by atoms with Crippen molar-refractivity contribution in [2.75, 3.05) is 0 Å². The Morgan fingerprint density at radius 1 is 0.926 bits per heavy atom. The van der Waals surface area contributed by atoms with Crippen LogP contribution in [-0.4, -0.2) is 9.55 Å². The summed E-state index contributed by atoms with van der Waals surface area (Å²) in [6.45, 7) is 1.00. The monoisotopic (exact) mass is 398 g/mol. The lowest BCUT2D eigenvalue weighted by atomic mass is 9.87. The van der Waals surface area contributed by atoms with Gasteiger partial charge in [-0.25, -0.2) is 4.98 Å². The molecule has 1 fully saturated rings. The number of imidazole rings is 1. The summed E-state index contributed by atoms with van der Waals surface area (Å²) in [5.41, 5.74) is 3.07. The Bertz CT molecular complexity index is 932. The first-order valence-corrected chi connectivity index (χ1v) is 10.6. The molecule has 0 aliphatic heterocycles. The van der Waals surface area contributed by atoms with Crippen molar-refractivity contribution < 1.29 is 0 Å². The molecular weight excluding hydrogens is 375 g/mol. The predicted octanol–water partition coefficient (Wildman–Crippen LogP) is 7.48. The number of hydrogen-bond donors (Lipinski definition) is 0. The molecule has 1 aliphatic carbocycles. The minimum absolute atomic E-state index is 0.656. The molecule has 1 saturated carbocycles. The largest absolute Gasteiger partial charge is 0.324 e. The van der Waals surface area contributed by atoms with Crippen LogP contribution in [-0.2, 0) is 6.54 Å². The summed E-state index contributed by atoms with van der Waals surface area (Å²) in [5, 5.41) is 1.31. The lowest BCUT2D eigenvalue weighted by molar-refractivity contribution is 0.325. The predicted molar refractivity (Wildman–Crippen MR) is 116 cm³/mol. The number of benzene rings is 2. The van der Waals surface area contributed by atoms with Crippen LogP contribution in [0.15, 0.2) is 42.5 Å². The molecular formula is C23H24Cl2N2. The van der Waals surface area contributed by atoms with E-state index >= 15 is 0 Å². The highest BCUT2D eigenvalue weighted by Crippen LogP contribution is 2.29. The molecule has 0 N–H and O–H groups in total. The van der Waals surface area contributed by atoms with Gasteiger partial charge in [-0.3, -0.25) is 0 Å². The number of nitrogens with zero attached hydrogens (tertiary/aromatic N) is 2. The molecule has 0 saturated heterocycles. The molecule has 140 valence electrons. The topological polar surface area (TPSA) is 17.8 Å². The smallest absolute Gasteiger partial charge is 0.133 e. The molecule has 0 spiro atoms. The van der Waals surface area contributed by atoms with Crippen LogP contribution in [0.5, 0.6) is 0 Å². The van der Waals surface area contributed by atoms with Crippen LogP contribution in [0.2, 0.25) is 10.0 Å². The molecule has 0 bridgehead atoms. The van der Waals surface area contributed by atoms with Gasteiger partial charge in [-0.05, 0) is 48.8 Å². The van der Waals surface area contributed by atoms with E-state index in [1.807, 2.05) is 36.4 Å². The number of para-hydroxylation sites is 2. The van der Waals surface area contributed by atoms with Crippen LogP contribution < -0.4 is 0 Å². The molecule has 27 heavy (non-hydrogen) atoms. The normalized spacial score (nSPS) is 15.8. The highest BCUT2D eigenvalue weighted by Gasteiger charge is 2.15. The standard InChI is InChI=1S/C23H24Cl2N2/c24-19-9-6-10-20(25)18(19)13-14-23-26-21-11-4-5-12-22(21)27(23)16-15-17-7-2-1-3-8-17/h4-6,9-14,17H,1-3,7-8,15-16H2/b14-13+. The first kappa shape index (κ1) is 18.6. The third kappa shape index (κ3) is 4.23. The summed E-state index contributed by atoms with van der Waals surface area (Å²) in [7, 11) is 0. The summed E-state index contributed by atoms with van der Waals surface area (Å²) in [6.07, 6.45) is 12.1. The van der Waals surface area contributed by atoms with Crippen molar-refractivity contribution >= 4 is 46.4 Å². The van der Waals surface area contributed by atoms with Gasteiger partial charge in [0, 0.05) is 22.2 Å². The van der Waals surface area contributed by atoms with Gasteiger partial charge >= 0.3 is 0 Å². The summed E-state index contributed by atoms with van der Waals surface area (Å²) >= 11 is 12.6. The fraction of sp³-hybridized carbons (Fsp3) is 0.348. The maximum absolute atomic E-state index is 6.31. The number of aryl methyl sites for hydroxylation is 1. The van der Waals surface area contributed by atoms with Gasteiger partial charge in [-0.1, -0.05) is 73.5 Å². The lowest BCUT2D eigenvalue weighted by Gasteiger charge is -2.22. The fourth-order valence-electron chi connectivity index (χ4n) is 4.07. The lowest BCUT2D eigenvalue weighted by Crippen LogP contribution is -2.11. The maximum Gasteiger partial charge on any atom is 0.133 e. The molecule has 3 aromatic rings. The van der Waals surface area contributed by atoms with Gasteiger partial charge in [0.2, 0.25) is 0 Å². The van der Waals surface area contributed by atoms with E-state index in [1.165, 1.54) is 44.0 Å². The Morgan fingerprint density at radius 2 is 1.67 bits per heavy atom. The molecule has 1 aromatic heterocycles. The Labute approximate surface area is 170 Å². The van der Waals surface area contributed by atoms with E-state index in [4.69, 9.17) is 28.2 Å². The second-order valence-corrected chi connectivity index (χ2v) is 8.19. The van der Waals surface area contributed by atoms with Crippen molar-refractivity contribution in [2.45, 2.75) is 45.1 Å². The van der Waals surface area contributed by atoms with Gasteiger partial charge in [0.25, 0.3) is 0 Å². The molecule has 4 heteroatoms. The molecule has 1 aliphatic rings. The van der Waals surface area contributed by atoms with Crippen LogP contribution >= 0.6 is 23.2 Å². The molecule has 4 rings (SSSR count). The fourth-order valence-corrected chi connectivity index (χ4v) is 4.60. The van der Waals surface area contributed by atoms with E-state index in [2.05, 4.69) is 22.8 Å². The second-order valence-electron chi connectivity index (χ2n) is 7.37. The van der Waals surface area contributed by atoms with Gasteiger partial charge in [0.15, 0.2) is 0 Å². The molecule has 0 unspecified atom stereocenters. The van der Waals surface area contributed by atoms with Gasteiger partial charge in [-0.2, -0.15) is 0 Å². The van der Waals surface area contributed by atoms with E-state index < -0.39 is 0 Å². The third-order valence-electron chi connectivity index (χ3n) is 5.57. The zero-order chi connectivity index (χ0) is 18.6. The molecule has 2 aromatic carbocycles. The van der Waals surface area contributed by atoms with Crippen LogP contribution in [0.1, 0.15) is 49.9 Å². The van der Waals surface area contributed by atoms with E-state index in [9.17, 15) is 0 Å². The van der Waals surface area contributed by atoms with E-state index in [1.54, 1.807) is 0 Å². The Morgan fingerprint density at radius 3 is 2.44 bits per heavy atom. The van der Waals surface area contributed by atoms with Gasteiger partial charge in [0.05, 0.1) is 11.0 Å². The number of rotatable bonds is 5. The molecule has 0 amide bonds. The van der Waals surface area contributed by atoms with Crippen molar-refractivity contribution in [3.63, 3.8) is 0 Å². The highest BCUT2D eigenvalue weighted by molar-refractivity contribution is 6.37. The highest BCUT2D eigenvalue weighted by atomic mass is 35.5. The molecule has 1 heterocycles. The Hall–Kier alpha value is -1.77. The summed E-state index contributed by atoms with van der Waals surface area (Å²) in [6, 6.07) is 13.9. The molecule has 0 radical (unpaired) electrons. The number of halogens is 2. The van der Waals surface area contributed by atoms with Crippen LogP contribution in [0.4, 0.5) is 0 Å². The summed E-state index contributed by atoms with van der Waals surface area (Å²) in [4.78, 5) is 4.84. The van der Waals surface area contributed by atoms with Crippen LogP contribution in [0, 0.1) is 5.92 Å². The second kappa shape index (κ2) is 8.50. The van der Waals surface area contributed by atoms with Crippen LogP contribution in [0.3, 0.4) is 0 Å². The van der Waals surface area contributed by atoms with E-state index in [0.717, 1.165) is 29.4 Å². The maximum atomic E-state index is 6.31. The van der Waals surface area contributed by atoms with Crippen molar-refractivity contribution in [3.05, 3.63) is 63.9 Å².